The van der Waals surface area contributed by atoms with Gasteiger partial charge in [0.25, 0.3) is 0 Å². The molecule has 1 aliphatic carbocycles. The maximum absolute atomic E-state index is 14.1. The average molecular weight is 287 g/mol. The molecule has 0 amide bonds. The second-order valence-corrected chi connectivity index (χ2v) is 5.59. The first-order valence-electron chi connectivity index (χ1n) is 7.44. The van der Waals surface area contributed by atoms with E-state index in [0.717, 1.165) is 6.42 Å². The Bertz CT molecular complexity index is 592. The maximum Gasteiger partial charge on any atom is 0.130 e. The summed E-state index contributed by atoms with van der Waals surface area (Å²) in [5.41, 5.74) is 1.44. The number of halogens is 2. The highest BCUT2D eigenvalue weighted by Gasteiger charge is 2.45. The number of hydrogen-bond donors (Lipinski definition) is 1. The zero-order chi connectivity index (χ0) is 14.8. The third kappa shape index (κ3) is 2.84. The van der Waals surface area contributed by atoms with Crippen molar-refractivity contribution >= 4 is 0 Å². The summed E-state index contributed by atoms with van der Waals surface area (Å²) in [4.78, 5) is 0. The molecule has 0 saturated heterocycles. The molecule has 0 aromatic heterocycles. The van der Waals surface area contributed by atoms with Gasteiger partial charge < -0.3 is 5.32 Å². The zero-order valence-corrected chi connectivity index (χ0v) is 12.0. The van der Waals surface area contributed by atoms with Crippen LogP contribution in [0.2, 0.25) is 0 Å². The molecule has 0 bridgehead atoms. The molecule has 1 N–H and O–H groups in total. The molecule has 3 rings (SSSR count). The topological polar surface area (TPSA) is 12.0 Å². The van der Waals surface area contributed by atoms with Crippen molar-refractivity contribution < 1.29 is 8.78 Å². The number of nitrogens with one attached hydrogen (secondary N) is 1. The molecule has 1 fully saturated rings. The number of benzene rings is 2. The molecule has 3 atom stereocenters. The summed E-state index contributed by atoms with van der Waals surface area (Å²) in [6, 6.07) is 14.0. The van der Waals surface area contributed by atoms with Gasteiger partial charge in [-0.05, 0) is 42.5 Å². The SMILES string of the molecule is CCNC(c1c(F)cccc1F)C1CC1c1ccccc1. The van der Waals surface area contributed by atoms with Crippen LogP contribution < -0.4 is 5.32 Å². The minimum Gasteiger partial charge on any atom is -0.310 e. The average Bonchev–Trinajstić information content (AvgIpc) is 3.27. The minimum atomic E-state index is -0.459. The van der Waals surface area contributed by atoms with E-state index in [1.54, 1.807) is 0 Å². The molecule has 0 aliphatic heterocycles. The summed E-state index contributed by atoms with van der Waals surface area (Å²) < 4.78 is 28.1. The van der Waals surface area contributed by atoms with E-state index in [4.69, 9.17) is 0 Å². The molecule has 1 aliphatic rings. The second-order valence-electron chi connectivity index (χ2n) is 5.59. The van der Waals surface area contributed by atoms with Gasteiger partial charge in [0, 0.05) is 11.6 Å². The molecular weight excluding hydrogens is 268 g/mol. The molecule has 0 spiro atoms. The van der Waals surface area contributed by atoms with Crippen LogP contribution in [-0.4, -0.2) is 6.54 Å². The van der Waals surface area contributed by atoms with Crippen molar-refractivity contribution in [2.75, 3.05) is 6.54 Å². The molecule has 3 heteroatoms. The fourth-order valence-electron chi connectivity index (χ4n) is 3.16. The smallest absolute Gasteiger partial charge is 0.130 e. The van der Waals surface area contributed by atoms with Gasteiger partial charge in [-0.25, -0.2) is 8.78 Å². The summed E-state index contributed by atoms with van der Waals surface area (Å²) in [6.45, 7) is 2.65. The summed E-state index contributed by atoms with van der Waals surface area (Å²) in [5, 5.41) is 3.26. The summed E-state index contributed by atoms with van der Waals surface area (Å²) in [5.74, 6) is -0.285. The van der Waals surface area contributed by atoms with Crippen LogP contribution in [0.5, 0.6) is 0 Å². The molecule has 3 unspecified atom stereocenters. The van der Waals surface area contributed by atoms with Gasteiger partial charge in [-0.15, -0.1) is 0 Å². The van der Waals surface area contributed by atoms with Gasteiger partial charge in [-0.2, -0.15) is 0 Å². The summed E-state index contributed by atoms with van der Waals surface area (Å²) in [7, 11) is 0. The largest absolute Gasteiger partial charge is 0.310 e. The highest BCUT2D eigenvalue weighted by Crippen LogP contribution is 2.54. The van der Waals surface area contributed by atoms with Crippen LogP contribution in [-0.2, 0) is 0 Å². The molecule has 1 saturated carbocycles. The lowest BCUT2D eigenvalue weighted by molar-refractivity contribution is 0.435. The molecule has 0 heterocycles. The predicted octanol–water partition coefficient (Wildman–Crippen LogP) is 4.42. The molecule has 0 radical (unpaired) electrons. The normalized spacial score (nSPS) is 22.0. The van der Waals surface area contributed by atoms with E-state index in [1.165, 1.54) is 23.8 Å². The predicted molar refractivity (Wildman–Crippen MR) is 80.1 cm³/mol. The van der Waals surface area contributed by atoms with Gasteiger partial charge >= 0.3 is 0 Å². The number of rotatable bonds is 5. The van der Waals surface area contributed by atoms with Crippen LogP contribution in [0.15, 0.2) is 48.5 Å². The van der Waals surface area contributed by atoms with Crippen LogP contribution in [0.1, 0.15) is 36.4 Å². The quantitative estimate of drug-likeness (QED) is 0.858. The molecule has 2 aromatic rings. The van der Waals surface area contributed by atoms with Crippen molar-refractivity contribution in [3.63, 3.8) is 0 Å². The maximum atomic E-state index is 14.1. The standard InChI is InChI=1S/C18H19F2N/c1-2-21-18(17-15(19)9-6-10-16(17)20)14-11-13(14)12-7-4-3-5-8-12/h3-10,13-14,18,21H,2,11H2,1H3. The molecule has 21 heavy (non-hydrogen) atoms. The third-order valence-corrected chi connectivity index (χ3v) is 4.23. The summed E-state index contributed by atoms with van der Waals surface area (Å²) >= 11 is 0. The van der Waals surface area contributed by atoms with Gasteiger partial charge in [0.1, 0.15) is 11.6 Å². The molecule has 110 valence electrons. The van der Waals surface area contributed by atoms with E-state index < -0.39 is 11.6 Å². The van der Waals surface area contributed by atoms with E-state index >= 15 is 0 Å². The fourth-order valence-corrected chi connectivity index (χ4v) is 3.16. The van der Waals surface area contributed by atoms with E-state index in [2.05, 4.69) is 17.4 Å². The number of hydrogen-bond acceptors (Lipinski definition) is 1. The van der Waals surface area contributed by atoms with Gasteiger partial charge in [0.2, 0.25) is 0 Å². The van der Waals surface area contributed by atoms with Crippen molar-refractivity contribution in [2.45, 2.75) is 25.3 Å². The Morgan fingerprint density at radius 2 is 1.71 bits per heavy atom. The second kappa shape index (κ2) is 5.94. The Labute approximate surface area is 124 Å². The monoisotopic (exact) mass is 287 g/mol. The third-order valence-electron chi connectivity index (χ3n) is 4.23. The van der Waals surface area contributed by atoms with E-state index in [0.29, 0.717) is 12.5 Å². The molecular formula is C18H19F2N. The first-order chi connectivity index (χ1) is 10.2. The van der Waals surface area contributed by atoms with Gasteiger partial charge in [-0.1, -0.05) is 43.3 Å². The van der Waals surface area contributed by atoms with Gasteiger partial charge in [0.15, 0.2) is 0 Å². The molecule has 1 nitrogen and oxygen atoms in total. The van der Waals surface area contributed by atoms with E-state index in [1.807, 2.05) is 25.1 Å². The first-order valence-corrected chi connectivity index (χ1v) is 7.44. The minimum absolute atomic E-state index is 0.183. The zero-order valence-electron chi connectivity index (χ0n) is 12.0. The molecule has 2 aromatic carbocycles. The lowest BCUT2D eigenvalue weighted by Gasteiger charge is -2.20. The van der Waals surface area contributed by atoms with Crippen molar-refractivity contribution in [2.24, 2.45) is 5.92 Å². The fraction of sp³-hybridized carbons (Fsp3) is 0.333. The van der Waals surface area contributed by atoms with Crippen LogP contribution >= 0.6 is 0 Å². The van der Waals surface area contributed by atoms with Crippen molar-refractivity contribution in [1.82, 2.24) is 5.32 Å². The Kier molecular flexibility index (Phi) is 4.02. The lowest BCUT2D eigenvalue weighted by Crippen LogP contribution is -2.25. The first kappa shape index (κ1) is 14.2. The van der Waals surface area contributed by atoms with Crippen molar-refractivity contribution in [3.05, 3.63) is 71.3 Å². The van der Waals surface area contributed by atoms with Crippen molar-refractivity contribution in [3.8, 4) is 0 Å². The van der Waals surface area contributed by atoms with E-state index in [-0.39, 0.29) is 17.5 Å². The van der Waals surface area contributed by atoms with Crippen LogP contribution in [0.25, 0.3) is 0 Å². The lowest BCUT2D eigenvalue weighted by atomic mass is 9.97. The Morgan fingerprint density at radius 3 is 2.33 bits per heavy atom. The Balaban J connectivity index is 1.87. The Hall–Kier alpha value is -1.74. The van der Waals surface area contributed by atoms with E-state index in [9.17, 15) is 8.78 Å². The van der Waals surface area contributed by atoms with Crippen LogP contribution in [0, 0.1) is 17.6 Å². The van der Waals surface area contributed by atoms with Gasteiger partial charge in [0.05, 0.1) is 0 Å². The Morgan fingerprint density at radius 1 is 1.05 bits per heavy atom. The van der Waals surface area contributed by atoms with Gasteiger partial charge in [-0.3, -0.25) is 0 Å². The summed E-state index contributed by atoms with van der Waals surface area (Å²) in [6.07, 6.45) is 0.968. The van der Waals surface area contributed by atoms with Crippen LogP contribution in [0.4, 0.5) is 8.78 Å². The highest BCUT2D eigenvalue weighted by atomic mass is 19.1. The van der Waals surface area contributed by atoms with Crippen LogP contribution in [0.3, 0.4) is 0 Å². The van der Waals surface area contributed by atoms with Crippen molar-refractivity contribution in [1.29, 1.82) is 0 Å². The highest BCUT2D eigenvalue weighted by molar-refractivity contribution is 5.32.